The third-order valence-corrected chi connectivity index (χ3v) is 1.99. The maximum absolute atomic E-state index is 10.7. The molecule has 0 aliphatic rings. The highest BCUT2D eigenvalue weighted by Crippen LogP contribution is 2.16. The van der Waals surface area contributed by atoms with Crippen molar-refractivity contribution in [3.8, 4) is 0 Å². The molecule has 0 radical (unpaired) electrons. The molecule has 1 aromatic rings. The summed E-state index contributed by atoms with van der Waals surface area (Å²) in [6, 6.07) is 1.45. The van der Waals surface area contributed by atoms with Crippen LogP contribution >= 0.6 is 11.8 Å². The molecule has 0 atom stereocenters. The summed E-state index contributed by atoms with van der Waals surface area (Å²) in [6.45, 7) is 0. The van der Waals surface area contributed by atoms with E-state index < -0.39 is 5.97 Å². The van der Waals surface area contributed by atoms with Crippen LogP contribution in [0.5, 0.6) is 0 Å². The summed E-state index contributed by atoms with van der Waals surface area (Å²) in [5.41, 5.74) is 10.9. The van der Waals surface area contributed by atoms with Crippen molar-refractivity contribution < 1.29 is 9.53 Å². The third kappa shape index (κ3) is 3.86. The predicted molar refractivity (Wildman–Crippen MR) is 57.9 cm³/mol. The Morgan fingerprint density at radius 1 is 1.47 bits per heavy atom. The summed E-state index contributed by atoms with van der Waals surface area (Å²) in [7, 11) is 1.30. The molecule has 1 heterocycles. The highest BCUT2D eigenvalue weighted by atomic mass is 32.2. The number of ether oxygens (including phenoxy) is 1. The predicted octanol–water partition coefficient (Wildman–Crippen LogP) is 0.420. The SMILES string of the molecule is COC(=O)C=CSc1nc(N)cc(N)n1. The fourth-order valence-corrected chi connectivity index (χ4v) is 1.35. The van der Waals surface area contributed by atoms with Crippen molar-refractivity contribution >= 4 is 29.4 Å². The maximum atomic E-state index is 10.7. The second-order valence-electron chi connectivity index (χ2n) is 2.44. The summed E-state index contributed by atoms with van der Waals surface area (Å²) in [5, 5.41) is 1.88. The van der Waals surface area contributed by atoms with Crippen molar-refractivity contribution in [1.82, 2.24) is 9.97 Å². The summed E-state index contributed by atoms with van der Waals surface area (Å²) in [5.74, 6) is 0.132. The molecule has 0 unspecified atom stereocenters. The quantitative estimate of drug-likeness (QED) is 0.333. The average molecular weight is 226 g/mol. The van der Waals surface area contributed by atoms with E-state index in [-0.39, 0.29) is 11.6 Å². The van der Waals surface area contributed by atoms with Crippen LogP contribution in [0.2, 0.25) is 0 Å². The second-order valence-corrected chi connectivity index (χ2v) is 3.32. The monoisotopic (exact) mass is 226 g/mol. The van der Waals surface area contributed by atoms with Crippen LogP contribution in [-0.2, 0) is 9.53 Å². The fourth-order valence-electron chi connectivity index (χ4n) is 0.733. The van der Waals surface area contributed by atoms with Crippen LogP contribution in [0.4, 0.5) is 11.6 Å². The van der Waals surface area contributed by atoms with Crippen LogP contribution in [0, 0.1) is 0 Å². The zero-order chi connectivity index (χ0) is 11.3. The Bertz CT molecular complexity index is 374. The second kappa shape index (κ2) is 5.20. The fraction of sp³-hybridized carbons (Fsp3) is 0.125. The number of methoxy groups -OCH3 is 1. The third-order valence-electron chi connectivity index (χ3n) is 1.32. The number of carbonyl (C=O) groups is 1. The lowest BCUT2D eigenvalue weighted by Crippen LogP contribution is -1.98. The minimum absolute atomic E-state index is 0.288. The van der Waals surface area contributed by atoms with Crippen LogP contribution in [0.3, 0.4) is 0 Å². The van der Waals surface area contributed by atoms with Crippen molar-refractivity contribution in [2.24, 2.45) is 0 Å². The van der Waals surface area contributed by atoms with Crippen molar-refractivity contribution in [3.05, 3.63) is 17.6 Å². The van der Waals surface area contributed by atoms with Gasteiger partial charge in [0.15, 0.2) is 5.16 Å². The van der Waals surface area contributed by atoms with Gasteiger partial charge in [-0.25, -0.2) is 14.8 Å². The van der Waals surface area contributed by atoms with Gasteiger partial charge in [-0.15, -0.1) is 0 Å². The Morgan fingerprint density at radius 3 is 2.60 bits per heavy atom. The lowest BCUT2D eigenvalue weighted by Gasteiger charge is -1.98. The molecule has 0 saturated carbocycles. The Labute approximate surface area is 90.7 Å². The van der Waals surface area contributed by atoms with Crippen LogP contribution in [0.15, 0.2) is 22.7 Å². The van der Waals surface area contributed by atoms with E-state index in [4.69, 9.17) is 11.5 Å². The number of hydrogen-bond acceptors (Lipinski definition) is 7. The lowest BCUT2D eigenvalue weighted by molar-refractivity contribution is -0.134. The summed E-state index contributed by atoms with van der Waals surface area (Å²) >= 11 is 1.13. The molecule has 6 nitrogen and oxygen atoms in total. The molecule has 0 amide bonds. The molecule has 1 aromatic heterocycles. The first kappa shape index (κ1) is 11.3. The number of anilines is 2. The van der Waals surface area contributed by atoms with Gasteiger partial charge in [-0.2, -0.15) is 0 Å². The number of rotatable bonds is 3. The maximum Gasteiger partial charge on any atom is 0.330 e. The summed E-state index contributed by atoms with van der Waals surface area (Å²) in [4.78, 5) is 18.5. The highest BCUT2D eigenvalue weighted by Gasteiger charge is 1.99. The van der Waals surface area contributed by atoms with E-state index in [2.05, 4.69) is 14.7 Å². The summed E-state index contributed by atoms with van der Waals surface area (Å²) in [6.07, 6.45) is 1.26. The normalized spacial score (nSPS) is 10.5. The van der Waals surface area contributed by atoms with Gasteiger partial charge < -0.3 is 16.2 Å². The zero-order valence-corrected chi connectivity index (χ0v) is 8.82. The van der Waals surface area contributed by atoms with E-state index in [1.165, 1.54) is 24.7 Å². The van der Waals surface area contributed by atoms with Crippen molar-refractivity contribution in [2.75, 3.05) is 18.6 Å². The van der Waals surface area contributed by atoms with Crippen LogP contribution in [-0.4, -0.2) is 23.0 Å². The molecule has 0 spiro atoms. The van der Waals surface area contributed by atoms with E-state index in [9.17, 15) is 4.79 Å². The zero-order valence-electron chi connectivity index (χ0n) is 8.01. The smallest absolute Gasteiger partial charge is 0.330 e. The Kier molecular flexibility index (Phi) is 3.92. The largest absolute Gasteiger partial charge is 0.466 e. The molecule has 80 valence electrons. The molecule has 0 aromatic carbocycles. The van der Waals surface area contributed by atoms with Gasteiger partial charge >= 0.3 is 5.97 Å². The molecule has 4 N–H and O–H groups in total. The van der Waals surface area contributed by atoms with E-state index >= 15 is 0 Å². The van der Waals surface area contributed by atoms with Gasteiger partial charge in [-0.05, 0) is 5.41 Å². The highest BCUT2D eigenvalue weighted by molar-refractivity contribution is 8.02. The van der Waals surface area contributed by atoms with E-state index in [1.54, 1.807) is 0 Å². The Morgan fingerprint density at radius 2 is 2.07 bits per heavy atom. The molecular formula is C8H10N4O2S. The van der Waals surface area contributed by atoms with Crippen LogP contribution in [0.1, 0.15) is 0 Å². The molecular weight excluding hydrogens is 216 g/mol. The standard InChI is InChI=1S/C8H10N4O2S/c1-14-7(13)2-3-15-8-11-5(9)4-6(10)12-8/h2-4H,1H3,(H4,9,10,11,12). The number of hydrogen-bond donors (Lipinski definition) is 2. The number of carbonyl (C=O) groups excluding carboxylic acids is 1. The number of nitrogen functional groups attached to an aromatic ring is 2. The minimum Gasteiger partial charge on any atom is -0.466 e. The van der Waals surface area contributed by atoms with E-state index in [1.807, 2.05) is 0 Å². The lowest BCUT2D eigenvalue weighted by atomic mass is 10.5. The first-order valence-corrected chi connectivity index (χ1v) is 4.81. The molecule has 0 fully saturated rings. The molecule has 7 heteroatoms. The Balaban J connectivity index is 2.65. The van der Waals surface area contributed by atoms with Gasteiger partial charge in [0.05, 0.1) is 7.11 Å². The van der Waals surface area contributed by atoms with Gasteiger partial charge in [0.25, 0.3) is 0 Å². The number of nitrogens with two attached hydrogens (primary N) is 2. The van der Waals surface area contributed by atoms with Crippen LogP contribution in [0.25, 0.3) is 0 Å². The van der Waals surface area contributed by atoms with Crippen LogP contribution < -0.4 is 11.5 Å². The molecule has 0 saturated heterocycles. The molecule has 1 rings (SSSR count). The van der Waals surface area contributed by atoms with Crippen molar-refractivity contribution in [1.29, 1.82) is 0 Å². The van der Waals surface area contributed by atoms with Crippen molar-refractivity contribution in [3.63, 3.8) is 0 Å². The molecule has 0 aliphatic heterocycles. The average Bonchev–Trinajstić information content (AvgIpc) is 2.16. The number of thioether (sulfide) groups is 1. The van der Waals surface area contributed by atoms with Gasteiger partial charge in [0.2, 0.25) is 0 Å². The van der Waals surface area contributed by atoms with Gasteiger partial charge in [0.1, 0.15) is 11.6 Å². The Hall–Kier alpha value is -1.76. The van der Waals surface area contributed by atoms with Gasteiger partial charge in [0, 0.05) is 12.1 Å². The van der Waals surface area contributed by atoms with Gasteiger partial charge in [-0.3, -0.25) is 0 Å². The minimum atomic E-state index is -0.445. The molecule has 0 aliphatic carbocycles. The van der Waals surface area contributed by atoms with Gasteiger partial charge in [-0.1, -0.05) is 11.8 Å². The first-order chi connectivity index (χ1) is 7.11. The van der Waals surface area contributed by atoms with E-state index in [0.717, 1.165) is 11.8 Å². The topological polar surface area (TPSA) is 104 Å². The molecule has 15 heavy (non-hydrogen) atoms. The first-order valence-electron chi connectivity index (χ1n) is 3.93. The number of aromatic nitrogens is 2. The van der Waals surface area contributed by atoms with E-state index in [0.29, 0.717) is 5.16 Å². The molecule has 0 bridgehead atoms. The van der Waals surface area contributed by atoms with Crippen molar-refractivity contribution in [2.45, 2.75) is 5.16 Å². The number of esters is 1. The summed E-state index contributed by atoms with van der Waals surface area (Å²) < 4.78 is 4.41. The number of nitrogens with zero attached hydrogens (tertiary/aromatic N) is 2.